The van der Waals surface area contributed by atoms with Crippen molar-refractivity contribution in [3.63, 3.8) is 0 Å². The van der Waals surface area contributed by atoms with E-state index in [1.54, 1.807) is 0 Å². The summed E-state index contributed by atoms with van der Waals surface area (Å²) in [6, 6.07) is 0. The van der Waals surface area contributed by atoms with E-state index in [-0.39, 0.29) is 0 Å². The third-order valence-electron chi connectivity index (χ3n) is 3.05. The van der Waals surface area contributed by atoms with Gasteiger partial charge < -0.3 is 0 Å². The summed E-state index contributed by atoms with van der Waals surface area (Å²) in [5.74, 6) is 0.483. The number of rotatable bonds is 5. The molecule has 0 rings (SSSR count). The Bertz CT molecular complexity index is 222. The van der Waals surface area contributed by atoms with Crippen molar-refractivity contribution < 1.29 is 4.79 Å². The molecule has 96 valence electrons. The molecule has 0 aliphatic rings. The minimum absolute atomic E-state index is 0.483. The molecule has 0 spiro atoms. The third-order valence-corrected chi connectivity index (χ3v) is 47.5. The van der Waals surface area contributed by atoms with Crippen LogP contribution in [0.1, 0.15) is 13.8 Å². The van der Waals surface area contributed by atoms with Crippen LogP contribution in [-0.4, -0.2) is 60.7 Å². The maximum absolute atomic E-state index is 12.6. The summed E-state index contributed by atoms with van der Waals surface area (Å²) in [5.41, 5.74) is 0. The van der Waals surface area contributed by atoms with Crippen LogP contribution in [0.3, 0.4) is 0 Å². The Morgan fingerprint density at radius 3 is 1.44 bits per heavy atom. The molecule has 0 aromatic rings. The molecular weight excluding hydrogens is 412 g/mol. The van der Waals surface area contributed by atoms with E-state index in [0.717, 1.165) is 13.1 Å². The van der Waals surface area contributed by atoms with Crippen molar-refractivity contribution in [3.05, 3.63) is 0 Å². The van der Waals surface area contributed by atoms with Crippen LogP contribution in [0.2, 0.25) is 31.6 Å². The van der Waals surface area contributed by atoms with Gasteiger partial charge in [-0.2, -0.15) is 0 Å². The van der Waals surface area contributed by atoms with E-state index in [4.69, 9.17) is 0 Å². The molecule has 0 N–H and O–H groups in total. The molecule has 0 atom stereocenters. The van der Waals surface area contributed by atoms with E-state index < -0.39 is 36.8 Å². The Labute approximate surface area is 110 Å². The van der Waals surface area contributed by atoms with Gasteiger partial charge in [0.2, 0.25) is 0 Å². The second-order valence-corrected chi connectivity index (χ2v) is 41.7. The summed E-state index contributed by atoms with van der Waals surface area (Å²) in [6.45, 7) is 5.93. The quantitative estimate of drug-likeness (QED) is 0.600. The zero-order chi connectivity index (χ0) is 13.1. The number of carbonyl (C=O) groups is 1. The van der Waals surface area contributed by atoms with E-state index >= 15 is 0 Å². The van der Waals surface area contributed by atoms with Gasteiger partial charge in [0.25, 0.3) is 0 Å². The van der Waals surface area contributed by atoms with Crippen molar-refractivity contribution in [1.82, 2.24) is 4.90 Å². The Morgan fingerprint density at radius 1 is 0.938 bits per heavy atom. The number of carbonyl (C=O) groups excluding carboxylic acids is 1. The number of hydrogen-bond donors (Lipinski definition) is 0. The van der Waals surface area contributed by atoms with Gasteiger partial charge in [0.05, 0.1) is 0 Å². The van der Waals surface area contributed by atoms with Crippen molar-refractivity contribution in [2.24, 2.45) is 0 Å². The summed E-state index contributed by atoms with van der Waals surface area (Å²) in [7, 11) is 0. The molecule has 0 aliphatic carbocycles. The van der Waals surface area contributed by atoms with Gasteiger partial charge >= 0.3 is 111 Å². The summed E-state index contributed by atoms with van der Waals surface area (Å²) < 4.78 is 0.489. The monoisotopic (exact) mass is 443 g/mol. The van der Waals surface area contributed by atoms with Crippen molar-refractivity contribution in [2.75, 3.05) is 13.1 Å². The van der Waals surface area contributed by atoms with Gasteiger partial charge in [-0.1, -0.05) is 0 Å². The Balaban J connectivity index is 5.15. The van der Waals surface area contributed by atoms with Gasteiger partial charge in [-0.15, -0.1) is 0 Å². The first-order valence-electron chi connectivity index (χ1n) is 6.34. The third kappa shape index (κ3) is 4.75. The van der Waals surface area contributed by atoms with Gasteiger partial charge in [-0.05, 0) is 0 Å². The molecule has 1 amide bonds. The van der Waals surface area contributed by atoms with E-state index in [0.29, 0.717) is 7.86 Å². The van der Waals surface area contributed by atoms with Crippen LogP contribution in [0.4, 0.5) is 0 Å². The van der Waals surface area contributed by atoms with E-state index in [1.165, 1.54) is 0 Å². The van der Waals surface area contributed by atoms with Gasteiger partial charge in [0.1, 0.15) is 0 Å². The second-order valence-electron chi connectivity index (χ2n) is 6.68. The Kier molecular flexibility index (Phi) is 6.72. The van der Waals surface area contributed by atoms with Crippen LogP contribution >= 0.6 is 0 Å². The van der Waals surface area contributed by atoms with Gasteiger partial charge in [-0.25, -0.2) is 0 Å². The fraction of sp³-hybridized carbons (Fsp3) is 0.917. The predicted molar refractivity (Wildman–Crippen MR) is 78.4 cm³/mol. The van der Waals surface area contributed by atoms with Gasteiger partial charge in [0.15, 0.2) is 0 Å². The molecule has 0 aromatic carbocycles. The Hall–Kier alpha value is 1.07. The summed E-state index contributed by atoms with van der Waals surface area (Å²) >= 11 is -4.28. The molecule has 0 unspecified atom stereocenters. The summed E-state index contributed by atoms with van der Waals surface area (Å²) in [4.78, 5) is 29.2. The van der Waals surface area contributed by atoms with Crippen molar-refractivity contribution in [3.8, 4) is 0 Å². The second kappa shape index (κ2) is 6.30. The molecule has 2 nitrogen and oxygen atoms in total. The van der Waals surface area contributed by atoms with E-state index in [9.17, 15) is 4.79 Å². The molecule has 16 heavy (non-hydrogen) atoms. The molecule has 0 saturated carbocycles. The fourth-order valence-electron chi connectivity index (χ4n) is 2.76. The average Bonchev–Trinajstić information content (AvgIpc) is 2.00. The van der Waals surface area contributed by atoms with Crippen LogP contribution in [-0.2, 0) is 4.79 Å². The molecule has 0 radical (unpaired) electrons. The van der Waals surface area contributed by atoms with E-state index in [1.807, 2.05) is 0 Å². The SMILES string of the molecule is CCN(CC)C(=O)[CH]([Sn]([CH3])([CH3])[CH3])[Sn]([CH3])([CH3])[CH3]. The average molecular weight is 441 g/mol. The number of nitrogens with zero attached hydrogens (tertiary/aromatic N) is 1. The summed E-state index contributed by atoms with van der Waals surface area (Å²) in [6.07, 6.45) is 0. The molecule has 0 aromatic heterocycles. The topological polar surface area (TPSA) is 20.3 Å². The maximum atomic E-state index is 12.6. The van der Waals surface area contributed by atoms with E-state index in [2.05, 4.69) is 48.4 Å². The molecule has 0 bridgehead atoms. The molecule has 0 heterocycles. The molecule has 0 saturated heterocycles. The van der Waals surface area contributed by atoms with Crippen LogP contribution in [0, 0.1) is 0 Å². The van der Waals surface area contributed by atoms with Crippen molar-refractivity contribution in [1.29, 1.82) is 0 Å². The van der Waals surface area contributed by atoms with Crippen molar-refractivity contribution >= 4 is 42.7 Å². The standard InChI is InChI=1S/C6H11NO.6CH3.2Sn/c1-4-7(5-2)6(3)8;;;;;;;;/h3H,4-5H2,1-2H3;6*1H3;;. The van der Waals surface area contributed by atoms with Crippen LogP contribution in [0.5, 0.6) is 0 Å². The zero-order valence-electron chi connectivity index (χ0n) is 12.3. The summed E-state index contributed by atoms with van der Waals surface area (Å²) in [5, 5.41) is 0. The number of amides is 1. The molecule has 0 fully saturated rings. The molecule has 4 heteroatoms. The first-order chi connectivity index (χ1) is 7.05. The van der Waals surface area contributed by atoms with Crippen LogP contribution in [0.15, 0.2) is 0 Å². The van der Waals surface area contributed by atoms with Crippen molar-refractivity contribution in [2.45, 2.75) is 45.4 Å². The Morgan fingerprint density at radius 2 is 1.25 bits per heavy atom. The van der Waals surface area contributed by atoms with Gasteiger partial charge in [-0.3, -0.25) is 0 Å². The minimum atomic E-state index is -2.14. The predicted octanol–water partition coefficient (Wildman–Crippen LogP) is 3.44. The molecule has 0 aliphatic heterocycles. The normalized spacial score (nSPS) is 13.1. The zero-order valence-corrected chi connectivity index (χ0v) is 18.1. The number of hydrogen-bond acceptors (Lipinski definition) is 1. The van der Waals surface area contributed by atoms with Crippen LogP contribution < -0.4 is 0 Å². The van der Waals surface area contributed by atoms with Crippen LogP contribution in [0.25, 0.3) is 0 Å². The fourth-order valence-corrected chi connectivity index (χ4v) is 65.2. The van der Waals surface area contributed by atoms with Gasteiger partial charge in [0, 0.05) is 0 Å². The first-order valence-corrected chi connectivity index (χ1v) is 26.8. The molecular formula is C12H29NOSn2. The first kappa shape index (κ1) is 17.1.